The first-order valence-corrected chi connectivity index (χ1v) is 7.91. The first-order valence-electron chi connectivity index (χ1n) is 7.53. The molecule has 2 aromatic rings. The Morgan fingerprint density at radius 3 is 2.68 bits per heavy atom. The van der Waals surface area contributed by atoms with E-state index >= 15 is 0 Å². The van der Waals surface area contributed by atoms with Crippen molar-refractivity contribution in [1.82, 2.24) is 0 Å². The van der Waals surface area contributed by atoms with Gasteiger partial charge in [0.2, 0.25) is 0 Å². The van der Waals surface area contributed by atoms with Crippen LogP contribution in [0.15, 0.2) is 48.5 Å². The highest BCUT2D eigenvalue weighted by Crippen LogP contribution is 2.20. The quantitative estimate of drug-likeness (QED) is 0.628. The van der Waals surface area contributed by atoms with Gasteiger partial charge in [0.05, 0.1) is 7.11 Å². The Bertz CT molecular complexity index is 802. The second kappa shape index (κ2) is 8.89. The third-order valence-electron chi connectivity index (χ3n) is 3.34. The van der Waals surface area contributed by atoms with E-state index in [4.69, 9.17) is 21.1 Å². The molecule has 0 bridgehead atoms. The number of rotatable bonds is 6. The van der Waals surface area contributed by atoms with Crippen LogP contribution in [0.2, 0.25) is 5.02 Å². The van der Waals surface area contributed by atoms with Crippen molar-refractivity contribution in [2.75, 3.05) is 19.0 Å². The molecule has 0 heterocycles. The third kappa shape index (κ3) is 5.65. The van der Waals surface area contributed by atoms with Crippen molar-refractivity contribution in [2.45, 2.75) is 6.92 Å². The number of esters is 1. The fourth-order valence-electron chi connectivity index (χ4n) is 2.01. The SMILES string of the molecule is COc1ccccc1/C=C/C(=O)OCC(=O)Nc1ccc(C)c(Cl)c1. The molecule has 0 atom stereocenters. The summed E-state index contributed by atoms with van der Waals surface area (Å²) in [4.78, 5) is 23.5. The topological polar surface area (TPSA) is 64.6 Å². The summed E-state index contributed by atoms with van der Waals surface area (Å²) in [5, 5.41) is 3.16. The lowest BCUT2D eigenvalue weighted by Crippen LogP contribution is -2.20. The first-order chi connectivity index (χ1) is 12.0. The van der Waals surface area contributed by atoms with Gasteiger partial charge >= 0.3 is 5.97 Å². The van der Waals surface area contributed by atoms with E-state index < -0.39 is 11.9 Å². The van der Waals surface area contributed by atoms with Gasteiger partial charge in [0.1, 0.15) is 5.75 Å². The molecule has 0 aromatic heterocycles. The smallest absolute Gasteiger partial charge is 0.331 e. The number of ether oxygens (including phenoxy) is 2. The predicted octanol–water partition coefficient (Wildman–Crippen LogP) is 3.85. The zero-order valence-corrected chi connectivity index (χ0v) is 14.7. The molecule has 0 radical (unpaired) electrons. The van der Waals surface area contributed by atoms with Gasteiger partial charge in [0, 0.05) is 22.3 Å². The number of amides is 1. The number of carbonyl (C=O) groups excluding carboxylic acids is 2. The van der Waals surface area contributed by atoms with Gasteiger partial charge in [0.25, 0.3) is 5.91 Å². The second-order valence-corrected chi connectivity index (χ2v) is 5.60. The number of carbonyl (C=O) groups is 2. The highest BCUT2D eigenvalue weighted by Gasteiger charge is 2.07. The van der Waals surface area contributed by atoms with Gasteiger partial charge in [-0.1, -0.05) is 35.9 Å². The van der Waals surface area contributed by atoms with Crippen molar-refractivity contribution in [3.63, 3.8) is 0 Å². The van der Waals surface area contributed by atoms with Crippen molar-refractivity contribution >= 4 is 35.2 Å². The van der Waals surface area contributed by atoms with E-state index in [1.165, 1.54) is 6.08 Å². The summed E-state index contributed by atoms with van der Waals surface area (Å²) in [6, 6.07) is 12.4. The number of anilines is 1. The van der Waals surface area contributed by atoms with Crippen molar-refractivity contribution < 1.29 is 19.1 Å². The number of benzene rings is 2. The Morgan fingerprint density at radius 2 is 1.96 bits per heavy atom. The predicted molar refractivity (Wildman–Crippen MR) is 97.8 cm³/mol. The second-order valence-electron chi connectivity index (χ2n) is 5.20. The fourth-order valence-corrected chi connectivity index (χ4v) is 2.19. The number of para-hydroxylation sites is 1. The lowest BCUT2D eigenvalue weighted by molar-refractivity contribution is -0.142. The molecule has 6 heteroatoms. The lowest BCUT2D eigenvalue weighted by atomic mass is 10.2. The van der Waals surface area contributed by atoms with Gasteiger partial charge in [-0.15, -0.1) is 0 Å². The van der Waals surface area contributed by atoms with Crippen molar-refractivity contribution in [1.29, 1.82) is 0 Å². The maximum absolute atomic E-state index is 11.8. The molecule has 2 rings (SSSR count). The summed E-state index contributed by atoms with van der Waals surface area (Å²) < 4.78 is 10.1. The third-order valence-corrected chi connectivity index (χ3v) is 3.75. The molecule has 1 amide bonds. The van der Waals surface area contributed by atoms with Gasteiger partial charge in [0.15, 0.2) is 6.61 Å². The van der Waals surface area contributed by atoms with Crippen LogP contribution in [0.3, 0.4) is 0 Å². The molecular weight excluding hydrogens is 342 g/mol. The summed E-state index contributed by atoms with van der Waals surface area (Å²) in [6.07, 6.45) is 2.81. The Balaban J connectivity index is 1.85. The van der Waals surface area contributed by atoms with Crippen LogP contribution in [0.5, 0.6) is 5.75 Å². The summed E-state index contributed by atoms with van der Waals surface area (Å²) >= 11 is 5.99. The van der Waals surface area contributed by atoms with Crippen LogP contribution >= 0.6 is 11.6 Å². The van der Waals surface area contributed by atoms with Crippen molar-refractivity contribution in [3.8, 4) is 5.75 Å². The summed E-state index contributed by atoms with van der Waals surface area (Å²) in [7, 11) is 1.55. The van der Waals surface area contributed by atoms with Crippen LogP contribution in [-0.4, -0.2) is 25.6 Å². The molecule has 0 spiro atoms. The summed E-state index contributed by atoms with van der Waals surface area (Å²) in [5.41, 5.74) is 2.19. The highest BCUT2D eigenvalue weighted by molar-refractivity contribution is 6.31. The van der Waals surface area contributed by atoms with E-state index in [0.29, 0.717) is 16.5 Å². The van der Waals surface area contributed by atoms with Crippen LogP contribution in [0.4, 0.5) is 5.69 Å². The summed E-state index contributed by atoms with van der Waals surface area (Å²) in [6.45, 7) is 1.48. The molecule has 0 fully saturated rings. The van der Waals surface area contributed by atoms with Crippen LogP contribution in [0.25, 0.3) is 6.08 Å². The Kier molecular flexibility index (Phi) is 6.60. The summed E-state index contributed by atoms with van der Waals surface area (Å²) in [5.74, 6) is -0.428. The minimum Gasteiger partial charge on any atom is -0.496 e. The number of halogens is 1. The molecule has 0 saturated carbocycles. The van der Waals surface area contributed by atoms with Crippen molar-refractivity contribution in [3.05, 3.63) is 64.7 Å². The molecule has 0 aliphatic carbocycles. The first kappa shape index (κ1) is 18.5. The number of hydrogen-bond acceptors (Lipinski definition) is 4. The minimum absolute atomic E-state index is 0.388. The average molecular weight is 360 g/mol. The van der Waals surface area contributed by atoms with Crippen LogP contribution < -0.4 is 10.1 Å². The van der Waals surface area contributed by atoms with Gasteiger partial charge in [-0.25, -0.2) is 4.79 Å². The van der Waals surface area contributed by atoms with Gasteiger partial charge in [-0.3, -0.25) is 4.79 Å². The molecule has 5 nitrogen and oxygen atoms in total. The minimum atomic E-state index is -0.622. The lowest BCUT2D eigenvalue weighted by Gasteiger charge is -2.07. The van der Waals surface area contributed by atoms with Crippen LogP contribution in [-0.2, 0) is 14.3 Å². The Labute approximate surface area is 151 Å². The van der Waals surface area contributed by atoms with E-state index in [1.54, 1.807) is 43.5 Å². The van der Waals surface area contributed by atoms with Gasteiger partial charge in [-0.05, 0) is 36.8 Å². The molecule has 25 heavy (non-hydrogen) atoms. The molecular formula is C19H18ClNO4. The fraction of sp³-hybridized carbons (Fsp3) is 0.158. The largest absolute Gasteiger partial charge is 0.496 e. The Hall–Kier alpha value is -2.79. The number of methoxy groups -OCH3 is 1. The molecule has 0 aliphatic rings. The maximum atomic E-state index is 11.8. The van der Waals surface area contributed by atoms with Crippen LogP contribution in [0, 0.1) is 6.92 Å². The average Bonchev–Trinajstić information content (AvgIpc) is 2.61. The Morgan fingerprint density at radius 1 is 1.20 bits per heavy atom. The van der Waals surface area contributed by atoms with E-state index in [-0.39, 0.29) is 6.61 Å². The normalized spacial score (nSPS) is 10.5. The number of nitrogens with one attached hydrogen (secondary N) is 1. The van der Waals surface area contributed by atoms with E-state index in [1.807, 2.05) is 19.1 Å². The van der Waals surface area contributed by atoms with E-state index in [9.17, 15) is 9.59 Å². The standard InChI is InChI=1S/C19H18ClNO4/c1-13-7-9-15(11-16(13)20)21-18(22)12-25-19(23)10-8-14-5-3-4-6-17(14)24-2/h3-11H,12H2,1-2H3,(H,21,22)/b10-8+. The van der Waals surface area contributed by atoms with Crippen LogP contribution in [0.1, 0.15) is 11.1 Å². The van der Waals surface area contributed by atoms with E-state index in [0.717, 1.165) is 11.1 Å². The zero-order valence-electron chi connectivity index (χ0n) is 13.9. The molecule has 130 valence electrons. The molecule has 2 aromatic carbocycles. The molecule has 0 saturated heterocycles. The molecule has 0 aliphatic heterocycles. The van der Waals surface area contributed by atoms with Gasteiger partial charge in [-0.2, -0.15) is 0 Å². The zero-order chi connectivity index (χ0) is 18.2. The van der Waals surface area contributed by atoms with Crippen molar-refractivity contribution in [2.24, 2.45) is 0 Å². The number of aryl methyl sites for hydroxylation is 1. The monoisotopic (exact) mass is 359 g/mol. The number of hydrogen-bond donors (Lipinski definition) is 1. The van der Waals surface area contributed by atoms with E-state index in [2.05, 4.69) is 5.32 Å². The van der Waals surface area contributed by atoms with Gasteiger partial charge < -0.3 is 14.8 Å². The maximum Gasteiger partial charge on any atom is 0.331 e. The molecule has 0 unspecified atom stereocenters. The molecule has 1 N–H and O–H groups in total. The highest BCUT2D eigenvalue weighted by atomic mass is 35.5.